The topological polar surface area (TPSA) is 41.1 Å². The lowest BCUT2D eigenvalue weighted by Gasteiger charge is -2.18. The summed E-state index contributed by atoms with van der Waals surface area (Å²) in [6.07, 6.45) is 0. The first-order chi connectivity index (χ1) is 11.7. The Bertz CT molecular complexity index is 773. The van der Waals surface area contributed by atoms with Crippen molar-refractivity contribution in [2.45, 2.75) is 6.04 Å². The van der Waals surface area contributed by atoms with E-state index >= 15 is 0 Å². The molecular weight excluding hydrogens is 431 g/mol. The lowest BCUT2D eigenvalue weighted by atomic mass is 10.1. The number of halogens is 1. The summed E-state index contributed by atoms with van der Waals surface area (Å²) in [6.45, 7) is 0.245. The molecule has 1 heterocycles. The Morgan fingerprint density at radius 1 is 1.00 bits per heavy atom. The highest BCUT2D eigenvalue weighted by Crippen LogP contribution is 2.25. The first-order valence-corrected chi connectivity index (χ1v) is 9.55. The molecule has 1 unspecified atom stereocenters. The molecule has 0 spiro atoms. The standard InChI is InChI=1S/C19H17IN2OS/c20-15-8-10-16(11-9-15)21-13-18(23)22-19(17-7-4-12-24-17)14-5-2-1-3-6-14/h1-12,19,21H,13H2,(H,22,23). The van der Waals surface area contributed by atoms with Crippen LogP contribution in [0.15, 0.2) is 72.1 Å². The van der Waals surface area contributed by atoms with Gasteiger partial charge in [0.15, 0.2) is 0 Å². The van der Waals surface area contributed by atoms with E-state index in [0.29, 0.717) is 0 Å². The van der Waals surface area contributed by atoms with Gasteiger partial charge in [0, 0.05) is 14.1 Å². The minimum absolute atomic E-state index is 0.0317. The normalized spacial score (nSPS) is 11.7. The number of hydrogen-bond donors (Lipinski definition) is 2. The van der Waals surface area contributed by atoms with E-state index in [1.807, 2.05) is 66.0 Å². The Morgan fingerprint density at radius 3 is 2.42 bits per heavy atom. The molecule has 0 bridgehead atoms. The summed E-state index contributed by atoms with van der Waals surface area (Å²) >= 11 is 3.91. The molecule has 0 aliphatic heterocycles. The molecule has 1 amide bonds. The number of carbonyl (C=O) groups excluding carboxylic acids is 1. The van der Waals surface area contributed by atoms with Crippen molar-refractivity contribution in [3.63, 3.8) is 0 Å². The third-order valence-electron chi connectivity index (χ3n) is 3.56. The van der Waals surface area contributed by atoms with Gasteiger partial charge in [-0.1, -0.05) is 36.4 Å². The molecule has 5 heteroatoms. The van der Waals surface area contributed by atoms with Crippen molar-refractivity contribution in [3.8, 4) is 0 Å². The fraction of sp³-hybridized carbons (Fsp3) is 0.105. The number of amides is 1. The molecule has 0 saturated heterocycles. The zero-order valence-corrected chi connectivity index (χ0v) is 15.9. The van der Waals surface area contributed by atoms with Crippen LogP contribution in [0, 0.1) is 3.57 Å². The predicted octanol–water partition coefficient (Wildman–Crippen LogP) is 4.67. The second-order valence-electron chi connectivity index (χ2n) is 5.29. The first kappa shape index (κ1) is 17.0. The van der Waals surface area contributed by atoms with Gasteiger partial charge in [0.1, 0.15) is 0 Å². The van der Waals surface area contributed by atoms with E-state index in [0.717, 1.165) is 16.1 Å². The van der Waals surface area contributed by atoms with Crippen LogP contribution in [-0.4, -0.2) is 12.5 Å². The molecule has 3 rings (SSSR count). The third kappa shape index (κ3) is 4.58. The molecule has 3 nitrogen and oxygen atoms in total. The first-order valence-electron chi connectivity index (χ1n) is 7.59. The average molecular weight is 448 g/mol. The Hall–Kier alpha value is -1.86. The second-order valence-corrected chi connectivity index (χ2v) is 7.51. The van der Waals surface area contributed by atoms with Crippen molar-refractivity contribution >= 4 is 45.5 Å². The summed E-state index contributed by atoms with van der Waals surface area (Å²) in [6, 6.07) is 22.0. The van der Waals surface area contributed by atoms with Crippen molar-refractivity contribution in [3.05, 3.63) is 86.1 Å². The molecule has 2 aromatic carbocycles. The number of carbonyl (C=O) groups is 1. The van der Waals surface area contributed by atoms with Gasteiger partial charge in [-0.15, -0.1) is 11.3 Å². The maximum absolute atomic E-state index is 12.4. The van der Waals surface area contributed by atoms with E-state index in [9.17, 15) is 4.79 Å². The van der Waals surface area contributed by atoms with Crippen LogP contribution < -0.4 is 10.6 Å². The number of hydrogen-bond acceptors (Lipinski definition) is 3. The van der Waals surface area contributed by atoms with Crippen molar-refractivity contribution in [1.82, 2.24) is 5.32 Å². The van der Waals surface area contributed by atoms with E-state index in [2.05, 4.69) is 39.3 Å². The van der Waals surface area contributed by atoms with Gasteiger partial charge in [0.2, 0.25) is 5.91 Å². The molecule has 24 heavy (non-hydrogen) atoms. The Morgan fingerprint density at radius 2 is 1.75 bits per heavy atom. The SMILES string of the molecule is O=C(CNc1ccc(I)cc1)NC(c1ccccc1)c1cccs1. The van der Waals surface area contributed by atoms with Gasteiger partial charge in [-0.2, -0.15) is 0 Å². The predicted molar refractivity (Wildman–Crippen MR) is 108 cm³/mol. The summed E-state index contributed by atoms with van der Waals surface area (Å²) in [7, 11) is 0. The third-order valence-corrected chi connectivity index (χ3v) is 5.22. The fourth-order valence-corrected chi connectivity index (χ4v) is 3.54. The summed E-state index contributed by atoms with van der Waals surface area (Å²) in [5, 5.41) is 8.32. The summed E-state index contributed by atoms with van der Waals surface area (Å²) in [4.78, 5) is 13.5. The number of thiophene rings is 1. The average Bonchev–Trinajstić information content (AvgIpc) is 3.14. The van der Waals surface area contributed by atoms with Gasteiger partial charge in [0.05, 0.1) is 12.6 Å². The quantitative estimate of drug-likeness (QED) is 0.539. The summed E-state index contributed by atoms with van der Waals surface area (Å²) in [5.41, 5.74) is 2.03. The summed E-state index contributed by atoms with van der Waals surface area (Å²) < 4.78 is 1.17. The molecule has 0 aliphatic rings. The largest absolute Gasteiger partial charge is 0.376 e. The van der Waals surface area contributed by atoms with Crippen molar-refractivity contribution < 1.29 is 4.79 Å². The van der Waals surface area contributed by atoms with Gasteiger partial charge < -0.3 is 10.6 Å². The molecule has 2 N–H and O–H groups in total. The van der Waals surface area contributed by atoms with Gasteiger partial charge >= 0.3 is 0 Å². The van der Waals surface area contributed by atoms with E-state index in [1.165, 1.54) is 3.57 Å². The van der Waals surface area contributed by atoms with Gasteiger partial charge in [-0.3, -0.25) is 4.79 Å². The van der Waals surface area contributed by atoms with Crippen LogP contribution in [0.3, 0.4) is 0 Å². The number of benzene rings is 2. The second kappa shape index (κ2) is 8.30. The zero-order chi connectivity index (χ0) is 16.8. The summed E-state index contributed by atoms with van der Waals surface area (Å²) in [5.74, 6) is -0.0317. The molecule has 122 valence electrons. The lowest BCUT2D eigenvalue weighted by molar-refractivity contribution is -0.119. The molecule has 0 radical (unpaired) electrons. The molecule has 0 fully saturated rings. The van der Waals surface area contributed by atoms with Crippen LogP contribution in [0.4, 0.5) is 5.69 Å². The van der Waals surface area contributed by atoms with Gasteiger partial charge in [-0.05, 0) is 63.9 Å². The number of rotatable bonds is 6. The minimum atomic E-state index is -0.114. The molecule has 0 aliphatic carbocycles. The van der Waals surface area contributed by atoms with Gasteiger partial charge in [-0.25, -0.2) is 0 Å². The highest BCUT2D eigenvalue weighted by Gasteiger charge is 2.17. The number of nitrogens with one attached hydrogen (secondary N) is 2. The molecule has 1 atom stereocenters. The fourth-order valence-electron chi connectivity index (χ4n) is 2.38. The maximum atomic E-state index is 12.4. The van der Waals surface area contributed by atoms with Crippen LogP contribution in [0.5, 0.6) is 0 Å². The zero-order valence-electron chi connectivity index (χ0n) is 12.9. The maximum Gasteiger partial charge on any atom is 0.240 e. The molecule has 1 aromatic heterocycles. The van der Waals surface area contributed by atoms with Gasteiger partial charge in [0.25, 0.3) is 0 Å². The van der Waals surface area contributed by atoms with Crippen molar-refractivity contribution in [2.24, 2.45) is 0 Å². The van der Waals surface area contributed by atoms with E-state index in [1.54, 1.807) is 11.3 Å². The Labute approximate surface area is 159 Å². The van der Waals surface area contributed by atoms with Crippen molar-refractivity contribution in [1.29, 1.82) is 0 Å². The van der Waals surface area contributed by atoms with Crippen LogP contribution >= 0.6 is 33.9 Å². The minimum Gasteiger partial charge on any atom is -0.376 e. The smallest absolute Gasteiger partial charge is 0.240 e. The van der Waals surface area contributed by atoms with Crippen LogP contribution in [0.1, 0.15) is 16.5 Å². The highest BCUT2D eigenvalue weighted by molar-refractivity contribution is 14.1. The van der Waals surface area contributed by atoms with Crippen LogP contribution in [0.25, 0.3) is 0 Å². The Kier molecular flexibility index (Phi) is 5.87. The molecule has 0 saturated carbocycles. The van der Waals surface area contributed by atoms with E-state index in [-0.39, 0.29) is 18.5 Å². The lowest BCUT2D eigenvalue weighted by Crippen LogP contribution is -2.33. The Balaban J connectivity index is 1.66. The van der Waals surface area contributed by atoms with E-state index < -0.39 is 0 Å². The number of anilines is 1. The van der Waals surface area contributed by atoms with Crippen molar-refractivity contribution in [2.75, 3.05) is 11.9 Å². The monoisotopic (exact) mass is 448 g/mol. The van der Waals surface area contributed by atoms with E-state index in [4.69, 9.17) is 0 Å². The highest BCUT2D eigenvalue weighted by atomic mass is 127. The van der Waals surface area contributed by atoms with Crippen LogP contribution in [0.2, 0.25) is 0 Å². The van der Waals surface area contributed by atoms with Crippen LogP contribution in [-0.2, 0) is 4.79 Å². The molecule has 3 aromatic rings. The molecular formula is C19H17IN2OS.